The maximum Gasteiger partial charge on any atom is 0.360 e. The van der Waals surface area contributed by atoms with Crippen LogP contribution in [-0.2, 0) is 4.74 Å². The van der Waals surface area contributed by atoms with Crippen molar-refractivity contribution in [2.75, 3.05) is 7.11 Å². The molecule has 0 amide bonds. The van der Waals surface area contributed by atoms with Gasteiger partial charge in [-0.05, 0) is 20.8 Å². The summed E-state index contributed by atoms with van der Waals surface area (Å²) in [6.07, 6.45) is 1.27. The first-order chi connectivity index (χ1) is 7.33. The summed E-state index contributed by atoms with van der Waals surface area (Å²) >= 11 is 0. The second kappa shape index (κ2) is 4.47. The number of methoxy groups -OCH3 is 1. The van der Waals surface area contributed by atoms with E-state index in [-0.39, 0.29) is 11.4 Å². The molecule has 1 heterocycles. The molecule has 0 spiro atoms. The third-order valence-electron chi connectivity index (χ3n) is 1.64. The van der Waals surface area contributed by atoms with Gasteiger partial charge in [0.1, 0.15) is 11.4 Å². The van der Waals surface area contributed by atoms with E-state index in [0.717, 1.165) is 6.07 Å². The molecule has 4 nitrogen and oxygen atoms in total. The van der Waals surface area contributed by atoms with Crippen LogP contribution in [0.2, 0.25) is 0 Å². The highest BCUT2D eigenvalue weighted by molar-refractivity contribution is 5.87. The molecule has 0 atom stereocenters. The van der Waals surface area contributed by atoms with E-state index < -0.39 is 17.4 Å². The molecule has 0 N–H and O–H groups in total. The highest BCUT2D eigenvalue weighted by Gasteiger charge is 2.22. The molecule has 5 heteroatoms. The molecule has 1 aromatic rings. The predicted octanol–water partition coefficient (Wildman–Crippen LogP) is 2.18. The van der Waals surface area contributed by atoms with Gasteiger partial charge < -0.3 is 9.47 Å². The third kappa shape index (κ3) is 3.18. The van der Waals surface area contributed by atoms with Crippen LogP contribution in [0.1, 0.15) is 31.3 Å². The SMILES string of the molecule is COc1cnc(C(=O)OC(C)(C)C)c(F)c1. The van der Waals surface area contributed by atoms with Crippen molar-refractivity contribution in [2.45, 2.75) is 26.4 Å². The summed E-state index contributed by atoms with van der Waals surface area (Å²) in [4.78, 5) is 15.2. The smallest absolute Gasteiger partial charge is 0.360 e. The molecule has 0 unspecified atom stereocenters. The molecule has 0 aliphatic carbocycles. The Bertz CT molecular complexity index is 399. The average Bonchev–Trinajstić information content (AvgIpc) is 2.14. The summed E-state index contributed by atoms with van der Waals surface area (Å²) in [5.41, 5.74) is -1.01. The quantitative estimate of drug-likeness (QED) is 0.726. The van der Waals surface area contributed by atoms with E-state index in [1.54, 1.807) is 20.8 Å². The van der Waals surface area contributed by atoms with Crippen molar-refractivity contribution in [1.29, 1.82) is 0 Å². The fourth-order valence-corrected chi connectivity index (χ4v) is 1.01. The molecule has 1 aromatic heterocycles. The Morgan fingerprint density at radius 2 is 2.06 bits per heavy atom. The van der Waals surface area contributed by atoms with Crippen molar-refractivity contribution in [2.24, 2.45) is 0 Å². The van der Waals surface area contributed by atoms with Crippen molar-refractivity contribution in [3.63, 3.8) is 0 Å². The standard InChI is InChI=1S/C11H14FNO3/c1-11(2,3)16-10(14)9-8(12)5-7(15-4)6-13-9/h5-6H,1-4H3. The number of hydrogen-bond acceptors (Lipinski definition) is 4. The zero-order chi connectivity index (χ0) is 12.3. The van der Waals surface area contributed by atoms with Crippen LogP contribution in [0.5, 0.6) is 5.75 Å². The van der Waals surface area contributed by atoms with Gasteiger partial charge in [-0.2, -0.15) is 0 Å². The molecule has 0 radical (unpaired) electrons. The number of hydrogen-bond donors (Lipinski definition) is 0. The van der Waals surface area contributed by atoms with Crippen LogP contribution >= 0.6 is 0 Å². The minimum Gasteiger partial charge on any atom is -0.495 e. The topological polar surface area (TPSA) is 48.4 Å². The Morgan fingerprint density at radius 1 is 1.44 bits per heavy atom. The lowest BCUT2D eigenvalue weighted by Gasteiger charge is -2.19. The van der Waals surface area contributed by atoms with Crippen molar-refractivity contribution >= 4 is 5.97 Å². The minimum atomic E-state index is -0.785. The molecular formula is C11H14FNO3. The number of esters is 1. The average molecular weight is 227 g/mol. The summed E-state index contributed by atoms with van der Waals surface area (Å²) in [5, 5.41) is 0. The van der Waals surface area contributed by atoms with Crippen LogP contribution in [0.25, 0.3) is 0 Å². The minimum absolute atomic E-state index is 0.254. The van der Waals surface area contributed by atoms with Gasteiger partial charge in [0.25, 0.3) is 0 Å². The van der Waals surface area contributed by atoms with Crippen molar-refractivity contribution in [3.05, 3.63) is 23.8 Å². The number of rotatable bonds is 2. The second-order valence-electron chi connectivity index (χ2n) is 4.21. The van der Waals surface area contributed by atoms with E-state index in [1.807, 2.05) is 0 Å². The number of halogens is 1. The number of aromatic nitrogens is 1. The lowest BCUT2D eigenvalue weighted by molar-refractivity contribution is 0.00575. The van der Waals surface area contributed by atoms with Crippen LogP contribution in [0, 0.1) is 5.82 Å². The largest absolute Gasteiger partial charge is 0.495 e. The van der Waals surface area contributed by atoms with Crippen LogP contribution in [0.4, 0.5) is 4.39 Å². The molecule has 1 rings (SSSR count). The van der Waals surface area contributed by atoms with Crippen molar-refractivity contribution in [1.82, 2.24) is 4.98 Å². The summed E-state index contributed by atoms with van der Waals surface area (Å²) in [6.45, 7) is 5.10. The van der Waals surface area contributed by atoms with Crippen molar-refractivity contribution in [3.8, 4) is 5.75 Å². The molecule has 0 aliphatic heterocycles. The van der Waals surface area contributed by atoms with Crippen molar-refractivity contribution < 1.29 is 18.7 Å². The van der Waals surface area contributed by atoms with Gasteiger partial charge in [-0.15, -0.1) is 0 Å². The van der Waals surface area contributed by atoms with E-state index >= 15 is 0 Å². The van der Waals surface area contributed by atoms with E-state index in [1.165, 1.54) is 13.3 Å². The van der Waals surface area contributed by atoms with Crippen LogP contribution in [0.3, 0.4) is 0 Å². The molecular weight excluding hydrogens is 213 g/mol. The normalized spacial score (nSPS) is 11.1. The molecule has 0 fully saturated rings. The fourth-order valence-electron chi connectivity index (χ4n) is 1.01. The molecule has 0 saturated heterocycles. The molecule has 0 aromatic carbocycles. The number of pyridine rings is 1. The molecule has 16 heavy (non-hydrogen) atoms. The molecule has 0 aliphatic rings. The van der Waals surface area contributed by atoms with Gasteiger partial charge in [0, 0.05) is 6.07 Å². The summed E-state index contributed by atoms with van der Waals surface area (Å²) in [6, 6.07) is 1.09. The van der Waals surface area contributed by atoms with E-state index in [4.69, 9.17) is 9.47 Å². The van der Waals surface area contributed by atoms with Gasteiger partial charge >= 0.3 is 5.97 Å². The van der Waals surface area contributed by atoms with E-state index in [2.05, 4.69) is 4.98 Å². The molecule has 88 valence electrons. The molecule has 0 bridgehead atoms. The van der Waals surface area contributed by atoms with Gasteiger partial charge in [-0.3, -0.25) is 0 Å². The Labute approximate surface area is 93.4 Å². The molecule has 0 saturated carbocycles. The van der Waals surface area contributed by atoms with Crippen LogP contribution in [-0.4, -0.2) is 23.7 Å². The number of carbonyl (C=O) groups excluding carboxylic acids is 1. The Hall–Kier alpha value is -1.65. The summed E-state index contributed by atoms with van der Waals surface area (Å²) in [7, 11) is 1.39. The predicted molar refractivity (Wildman–Crippen MR) is 55.9 cm³/mol. The first-order valence-electron chi connectivity index (χ1n) is 4.76. The van der Waals surface area contributed by atoms with Crippen LogP contribution < -0.4 is 4.74 Å². The van der Waals surface area contributed by atoms with Crippen LogP contribution in [0.15, 0.2) is 12.3 Å². The Morgan fingerprint density at radius 3 is 2.50 bits per heavy atom. The number of nitrogens with zero attached hydrogens (tertiary/aromatic N) is 1. The monoisotopic (exact) mass is 227 g/mol. The Balaban J connectivity index is 2.93. The third-order valence-corrected chi connectivity index (χ3v) is 1.64. The zero-order valence-corrected chi connectivity index (χ0v) is 9.70. The lowest BCUT2D eigenvalue weighted by atomic mass is 10.2. The highest BCUT2D eigenvalue weighted by atomic mass is 19.1. The van der Waals surface area contributed by atoms with Gasteiger partial charge in [-0.1, -0.05) is 0 Å². The van der Waals surface area contributed by atoms with Gasteiger partial charge in [0.2, 0.25) is 0 Å². The van der Waals surface area contributed by atoms with E-state index in [9.17, 15) is 9.18 Å². The maximum atomic E-state index is 13.4. The van der Waals surface area contributed by atoms with Gasteiger partial charge in [0.15, 0.2) is 11.5 Å². The second-order valence-corrected chi connectivity index (χ2v) is 4.21. The van der Waals surface area contributed by atoms with E-state index in [0.29, 0.717) is 0 Å². The van der Waals surface area contributed by atoms with Gasteiger partial charge in [0.05, 0.1) is 13.3 Å². The maximum absolute atomic E-state index is 13.4. The summed E-state index contributed by atoms with van der Waals surface area (Å²) in [5.74, 6) is -1.29. The fraction of sp³-hybridized carbons (Fsp3) is 0.455. The zero-order valence-electron chi connectivity index (χ0n) is 9.70. The number of carbonyl (C=O) groups is 1. The first-order valence-corrected chi connectivity index (χ1v) is 4.76. The lowest BCUT2D eigenvalue weighted by Crippen LogP contribution is -2.25. The summed E-state index contributed by atoms with van der Waals surface area (Å²) < 4.78 is 23.2. The number of ether oxygens (including phenoxy) is 2. The highest BCUT2D eigenvalue weighted by Crippen LogP contribution is 2.16. The van der Waals surface area contributed by atoms with Gasteiger partial charge in [-0.25, -0.2) is 14.2 Å². The Kier molecular flexibility index (Phi) is 3.47. The first kappa shape index (κ1) is 12.4.